The van der Waals surface area contributed by atoms with Crippen LogP contribution in [0.2, 0.25) is 0 Å². The van der Waals surface area contributed by atoms with Gasteiger partial charge in [0.25, 0.3) is 0 Å². The Hall–Kier alpha value is -0.790. The fourth-order valence-electron chi connectivity index (χ4n) is 0.358. The monoisotopic (exact) mass is 128 g/mol. The van der Waals surface area contributed by atoms with Gasteiger partial charge in [-0.3, -0.25) is 4.79 Å². The molecule has 0 saturated heterocycles. The van der Waals surface area contributed by atoms with Crippen molar-refractivity contribution < 1.29 is 9.53 Å². The third-order valence-electron chi connectivity index (χ3n) is 0.874. The first-order valence-electron chi connectivity index (χ1n) is 3.07. The zero-order valence-electron chi connectivity index (χ0n) is 5.72. The van der Waals surface area contributed by atoms with Crippen LogP contribution in [0, 0.1) is 0 Å². The molecular weight excluding hydrogens is 116 g/mol. The highest BCUT2D eigenvalue weighted by molar-refractivity contribution is 5.68. The number of rotatable bonds is 4. The standard InChI is InChI=1S/C7H12O2/c1-3-5-6-9-7(8)4-2/h3H,1,4-6H2,2H3. The topological polar surface area (TPSA) is 26.3 Å². The van der Waals surface area contributed by atoms with Gasteiger partial charge >= 0.3 is 5.97 Å². The minimum absolute atomic E-state index is 0.142. The summed E-state index contributed by atoms with van der Waals surface area (Å²) in [6.07, 6.45) is 2.92. The van der Waals surface area contributed by atoms with E-state index < -0.39 is 0 Å². The van der Waals surface area contributed by atoms with Crippen molar-refractivity contribution in [3.8, 4) is 0 Å². The molecule has 0 bridgehead atoms. The predicted octanol–water partition coefficient (Wildman–Crippen LogP) is 1.52. The van der Waals surface area contributed by atoms with Gasteiger partial charge in [0.15, 0.2) is 0 Å². The van der Waals surface area contributed by atoms with Crippen LogP contribution in [0.1, 0.15) is 19.8 Å². The lowest BCUT2D eigenvalue weighted by Gasteiger charge is -1.97. The lowest BCUT2D eigenvalue weighted by Crippen LogP contribution is -2.02. The van der Waals surface area contributed by atoms with Gasteiger partial charge in [-0.15, -0.1) is 6.58 Å². The summed E-state index contributed by atoms with van der Waals surface area (Å²) in [6, 6.07) is 0. The molecule has 0 amide bonds. The van der Waals surface area contributed by atoms with Crippen LogP contribution in [-0.2, 0) is 9.53 Å². The molecule has 0 aliphatic carbocycles. The zero-order valence-corrected chi connectivity index (χ0v) is 5.72. The minimum atomic E-state index is -0.142. The molecule has 9 heavy (non-hydrogen) atoms. The number of hydrogen-bond donors (Lipinski definition) is 0. The van der Waals surface area contributed by atoms with Gasteiger partial charge in [-0.1, -0.05) is 13.0 Å². The van der Waals surface area contributed by atoms with Gasteiger partial charge in [-0.2, -0.15) is 0 Å². The number of carbonyl (C=O) groups is 1. The summed E-state index contributed by atoms with van der Waals surface area (Å²) in [5, 5.41) is 0. The Labute approximate surface area is 55.5 Å². The first-order chi connectivity index (χ1) is 4.31. The molecule has 0 aromatic rings. The molecule has 52 valence electrons. The number of esters is 1. The molecular formula is C7H12O2. The summed E-state index contributed by atoms with van der Waals surface area (Å²) in [4.78, 5) is 10.4. The molecule has 0 fully saturated rings. The number of hydrogen-bond acceptors (Lipinski definition) is 2. The van der Waals surface area contributed by atoms with Gasteiger partial charge in [0.05, 0.1) is 6.61 Å². The van der Waals surface area contributed by atoms with E-state index in [0.717, 1.165) is 6.42 Å². The van der Waals surface area contributed by atoms with Gasteiger partial charge in [-0.25, -0.2) is 0 Å². The van der Waals surface area contributed by atoms with Crippen LogP contribution in [0.5, 0.6) is 0 Å². The minimum Gasteiger partial charge on any atom is -0.465 e. The summed E-state index contributed by atoms with van der Waals surface area (Å²) in [6.45, 7) is 5.73. The van der Waals surface area contributed by atoms with Gasteiger partial charge in [0.2, 0.25) is 0 Å². The van der Waals surface area contributed by atoms with Crippen molar-refractivity contribution in [2.75, 3.05) is 6.61 Å². The van der Waals surface area contributed by atoms with Crippen molar-refractivity contribution >= 4 is 5.97 Å². The van der Waals surface area contributed by atoms with Crippen LogP contribution in [0.15, 0.2) is 12.7 Å². The predicted molar refractivity (Wildman–Crippen MR) is 36.1 cm³/mol. The highest BCUT2D eigenvalue weighted by Gasteiger charge is 1.93. The van der Waals surface area contributed by atoms with Gasteiger partial charge in [0.1, 0.15) is 0 Å². The van der Waals surface area contributed by atoms with Crippen LogP contribution >= 0.6 is 0 Å². The van der Waals surface area contributed by atoms with Crippen molar-refractivity contribution in [3.63, 3.8) is 0 Å². The first kappa shape index (κ1) is 8.21. The second kappa shape index (κ2) is 5.35. The lowest BCUT2D eigenvalue weighted by molar-refractivity contribution is -0.143. The van der Waals surface area contributed by atoms with Gasteiger partial charge < -0.3 is 4.74 Å². The van der Waals surface area contributed by atoms with Gasteiger partial charge in [-0.05, 0) is 6.42 Å². The van der Waals surface area contributed by atoms with E-state index in [-0.39, 0.29) is 5.97 Å². The molecule has 0 unspecified atom stereocenters. The Morgan fingerprint density at radius 2 is 2.44 bits per heavy atom. The van der Waals surface area contributed by atoms with Crippen molar-refractivity contribution in [1.82, 2.24) is 0 Å². The Morgan fingerprint density at radius 1 is 1.78 bits per heavy atom. The van der Waals surface area contributed by atoms with E-state index >= 15 is 0 Å². The smallest absolute Gasteiger partial charge is 0.305 e. The summed E-state index contributed by atoms with van der Waals surface area (Å²) in [7, 11) is 0. The fraction of sp³-hybridized carbons (Fsp3) is 0.571. The Bertz CT molecular complexity index is 97.1. The Balaban J connectivity index is 3.06. The van der Waals surface area contributed by atoms with E-state index in [1.165, 1.54) is 0 Å². The molecule has 0 spiro atoms. The average Bonchev–Trinajstić information content (AvgIpc) is 1.89. The number of carbonyl (C=O) groups excluding carboxylic acids is 1. The average molecular weight is 128 g/mol. The van der Waals surface area contributed by atoms with Crippen molar-refractivity contribution in [3.05, 3.63) is 12.7 Å². The van der Waals surface area contributed by atoms with E-state index in [1.54, 1.807) is 13.0 Å². The quantitative estimate of drug-likeness (QED) is 0.326. The molecule has 0 rings (SSSR count). The summed E-state index contributed by atoms with van der Waals surface area (Å²) in [5.41, 5.74) is 0. The van der Waals surface area contributed by atoms with E-state index in [0.29, 0.717) is 13.0 Å². The Kier molecular flexibility index (Phi) is 4.88. The molecule has 0 aromatic carbocycles. The van der Waals surface area contributed by atoms with E-state index in [2.05, 4.69) is 6.58 Å². The maximum Gasteiger partial charge on any atom is 0.305 e. The molecule has 0 aliphatic rings. The SMILES string of the molecule is C=CCCOC(=O)CC. The Morgan fingerprint density at radius 3 is 2.89 bits per heavy atom. The molecule has 0 radical (unpaired) electrons. The second-order valence-electron chi connectivity index (χ2n) is 1.65. The molecule has 0 aromatic heterocycles. The largest absolute Gasteiger partial charge is 0.465 e. The van der Waals surface area contributed by atoms with E-state index in [9.17, 15) is 4.79 Å². The normalized spacial score (nSPS) is 8.56. The molecule has 2 nitrogen and oxygen atoms in total. The summed E-state index contributed by atoms with van der Waals surface area (Å²) in [5.74, 6) is -0.142. The molecule has 0 saturated carbocycles. The summed E-state index contributed by atoms with van der Waals surface area (Å²) < 4.78 is 4.72. The van der Waals surface area contributed by atoms with Crippen molar-refractivity contribution in [1.29, 1.82) is 0 Å². The number of ether oxygens (including phenoxy) is 1. The maximum absolute atomic E-state index is 10.4. The highest BCUT2D eigenvalue weighted by Crippen LogP contribution is 1.86. The highest BCUT2D eigenvalue weighted by atomic mass is 16.5. The zero-order chi connectivity index (χ0) is 7.11. The molecule has 0 heterocycles. The van der Waals surface area contributed by atoms with Crippen LogP contribution in [0.25, 0.3) is 0 Å². The molecule has 0 atom stereocenters. The molecule has 0 aliphatic heterocycles. The lowest BCUT2D eigenvalue weighted by atomic mass is 10.4. The third-order valence-corrected chi connectivity index (χ3v) is 0.874. The van der Waals surface area contributed by atoms with E-state index in [1.807, 2.05) is 0 Å². The molecule has 2 heteroatoms. The van der Waals surface area contributed by atoms with Crippen LogP contribution in [-0.4, -0.2) is 12.6 Å². The third kappa shape index (κ3) is 5.07. The first-order valence-corrected chi connectivity index (χ1v) is 3.07. The summed E-state index contributed by atoms with van der Waals surface area (Å²) >= 11 is 0. The maximum atomic E-state index is 10.4. The fourth-order valence-corrected chi connectivity index (χ4v) is 0.358. The molecule has 0 N–H and O–H groups in total. The van der Waals surface area contributed by atoms with Crippen LogP contribution in [0.4, 0.5) is 0 Å². The van der Waals surface area contributed by atoms with Crippen LogP contribution < -0.4 is 0 Å². The van der Waals surface area contributed by atoms with Gasteiger partial charge in [0, 0.05) is 6.42 Å². The van der Waals surface area contributed by atoms with Crippen molar-refractivity contribution in [2.45, 2.75) is 19.8 Å². The van der Waals surface area contributed by atoms with Crippen molar-refractivity contribution in [2.24, 2.45) is 0 Å². The second-order valence-corrected chi connectivity index (χ2v) is 1.65. The van der Waals surface area contributed by atoms with Crippen LogP contribution in [0.3, 0.4) is 0 Å². The van der Waals surface area contributed by atoms with E-state index in [4.69, 9.17) is 4.74 Å².